The molecule has 2 fully saturated rings. The topological polar surface area (TPSA) is 33.3 Å². The predicted octanol–water partition coefficient (Wildman–Crippen LogP) is 0.505. The minimum absolute atomic E-state index is 0.527. The van der Waals surface area contributed by atoms with Gasteiger partial charge < -0.3 is 15.4 Å². The van der Waals surface area contributed by atoms with Crippen LogP contribution in [-0.2, 0) is 4.74 Å². The fourth-order valence-corrected chi connectivity index (χ4v) is 2.22. The third-order valence-corrected chi connectivity index (χ3v) is 3.24. The number of ether oxygens (including phenoxy) is 1. The number of methoxy groups -OCH3 is 1. The summed E-state index contributed by atoms with van der Waals surface area (Å²) < 4.78 is 5.25. The maximum Gasteiger partial charge on any atom is 0.0601 e. The van der Waals surface area contributed by atoms with Gasteiger partial charge in [0.1, 0.15) is 0 Å². The first-order valence-corrected chi connectivity index (χ1v) is 5.38. The highest BCUT2D eigenvalue weighted by molar-refractivity contribution is 4.89. The Hall–Kier alpha value is -0.120. The maximum atomic E-state index is 5.25. The molecule has 1 aliphatic heterocycles. The van der Waals surface area contributed by atoms with Crippen LogP contribution < -0.4 is 10.6 Å². The molecule has 3 heteroatoms. The van der Waals surface area contributed by atoms with Crippen molar-refractivity contribution in [2.24, 2.45) is 0 Å². The lowest BCUT2D eigenvalue weighted by Crippen LogP contribution is -2.51. The Kier molecular flexibility index (Phi) is 3.19. The molecule has 0 spiro atoms. The van der Waals surface area contributed by atoms with Crippen molar-refractivity contribution < 1.29 is 4.74 Å². The number of hydrogen-bond donors (Lipinski definition) is 2. The second-order valence-electron chi connectivity index (χ2n) is 4.22. The first-order chi connectivity index (χ1) is 6.38. The van der Waals surface area contributed by atoms with E-state index < -0.39 is 0 Å². The van der Waals surface area contributed by atoms with Gasteiger partial charge in [-0.2, -0.15) is 0 Å². The van der Waals surface area contributed by atoms with E-state index in [4.69, 9.17) is 4.74 Å². The summed E-state index contributed by atoms with van der Waals surface area (Å²) in [5, 5.41) is 7.08. The molecule has 1 heterocycles. The van der Waals surface area contributed by atoms with Crippen LogP contribution in [0, 0.1) is 0 Å². The SMILES string of the molecule is COC1CC(NC2CCNCC2)C1. The molecule has 0 amide bonds. The van der Waals surface area contributed by atoms with E-state index in [9.17, 15) is 0 Å². The summed E-state index contributed by atoms with van der Waals surface area (Å²) >= 11 is 0. The largest absolute Gasteiger partial charge is 0.381 e. The van der Waals surface area contributed by atoms with Crippen molar-refractivity contribution in [1.82, 2.24) is 10.6 Å². The highest BCUT2D eigenvalue weighted by Gasteiger charge is 2.30. The van der Waals surface area contributed by atoms with Gasteiger partial charge in [-0.25, -0.2) is 0 Å². The second-order valence-corrected chi connectivity index (χ2v) is 4.22. The summed E-state index contributed by atoms with van der Waals surface area (Å²) in [4.78, 5) is 0. The van der Waals surface area contributed by atoms with Crippen LogP contribution in [0.4, 0.5) is 0 Å². The van der Waals surface area contributed by atoms with E-state index in [0.717, 1.165) is 12.1 Å². The van der Waals surface area contributed by atoms with Gasteiger partial charge in [0.2, 0.25) is 0 Å². The Morgan fingerprint density at radius 1 is 1.15 bits per heavy atom. The van der Waals surface area contributed by atoms with E-state index in [1.54, 1.807) is 0 Å². The van der Waals surface area contributed by atoms with Crippen LogP contribution >= 0.6 is 0 Å². The minimum Gasteiger partial charge on any atom is -0.381 e. The molecular formula is C10H20N2O. The molecule has 76 valence electrons. The summed E-state index contributed by atoms with van der Waals surface area (Å²) in [6, 6.07) is 1.48. The molecule has 13 heavy (non-hydrogen) atoms. The molecule has 1 saturated carbocycles. The number of hydrogen-bond acceptors (Lipinski definition) is 3. The fourth-order valence-electron chi connectivity index (χ4n) is 2.22. The van der Waals surface area contributed by atoms with Gasteiger partial charge in [-0.15, -0.1) is 0 Å². The van der Waals surface area contributed by atoms with Crippen LogP contribution in [0.2, 0.25) is 0 Å². The summed E-state index contributed by atoms with van der Waals surface area (Å²) in [5.74, 6) is 0. The summed E-state index contributed by atoms with van der Waals surface area (Å²) in [5.41, 5.74) is 0. The maximum absolute atomic E-state index is 5.25. The summed E-state index contributed by atoms with van der Waals surface area (Å²) in [6.45, 7) is 2.36. The molecular weight excluding hydrogens is 164 g/mol. The molecule has 0 bridgehead atoms. The second kappa shape index (κ2) is 4.40. The van der Waals surface area contributed by atoms with Crippen molar-refractivity contribution in [2.75, 3.05) is 20.2 Å². The van der Waals surface area contributed by atoms with Crippen molar-refractivity contribution in [3.05, 3.63) is 0 Å². The first-order valence-electron chi connectivity index (χ1n) is 5.38. The van der Waals surface area contributed by atoms with Gasteiger partial charge in [0, 0.05) is 19.2 Å². The zero-order valence-corrected chi connectivity index (χ0v) is 8.38. The third kappa shape index (κ3) is 2.42. The molecule has 2 aliphatic rings. The first kappa shape index (κ1) is 9.44. The molecule has 0 unspecified atom stereocenters. The van der Waals surface area contributed by atoms with Gasteiger partial charge in [0.25, 0.3) is 0 Å². The summed E-state index contributed by atoms with van der Waals surface area (Å²) in [6.07, 6.45) is 5.52. The smallest absolute Gasteiger partial charge is 0.0601 e. The Balaban J connectivity index is 1.62. The quantitative estimate of drug-likeness (QED) is 0.670. The lowest BCUT2D eigenvalue weighted by atomic mass is 9.88. The van der Waals surface area contributed by atoms with Gasteiger partial charge in [-0.1, -0.05) is 0 Å². The Morgan fingerprint density at radius 3 is 2.46 bits per heavy atom. The van der Waals surface area contributed by atoms with E-state index in [-0.39, 0.29) is 0 Å². The van der Waals surface area contributed by atoms with E-state index in [0.29, 0.717) is 6.10 Å². The molecule has 2 N–H and O–H groups in total. The lowest BCUT2D eigenvalue weighted by Gasteiger charge is -2.38. The van der Waals surface area contributed by atoms with Crippen molar-refractivity contribution in [3.8, 4) is 0 Å². The molecule has 0 aromatic carbocycles. The van der Waals surface area contributed by atoms with Gasteiger partial charge >= 0.3 is 0 Å². The highest BCUT2D eigenvalue weighted by atomic mass is 16.5. The fraction of sp³-hybridized carbons (Fsp3) is 1.00. The zero-order valence-electron chi connectivity index (χ0n) is 8.38. The normalized spacial score (nSPS) is 35.8. The molecule has 0 aromatic heterocycles. The van der Waals surface area contributed by atoms with E-state index >= 15 is 0 Å². The van der Waals surface area contributed by atoms with Gasteiger partial charge in [-0.05, 0) is 38.8 Å². The van der Waals surface area contributed by atoms with Crippen LogP contribution in [0.15, 0.2) is 0 Å². The van der Waals surface area contributed by atoms with Crippen LogP contribution in [-0.4, -0.2) is 38.4 Å². The highest BCUT2D eigenvalue weighted by Crippen LogP contribution is 2.23. The van der Waals surface area contributed by atoms with Crippen molar-refractivity contribution in [2.45, 2.75) is 43.9 Å². The van der Waals surface area contributed by atoms with Crippen molar-refractivity contribution in [1.29, 1.82) is 0 Å². The number of piperidine rings is 1. The van der Waals surface area contributed by atoms with Gasteiger partial charge in [-0.3, -0.25) is 0 Å². The zero-order chi connectivity index (χ0) is 9.10. The third-order valence-electron chi connectivity index (χ3n) is 3.24. The Morgan fingerprint density at radius 2 is 1.85 bits per heavy atom. The van der Waals surface area contributed by atoms with E-state index in [2.05, 4.69) is 10.6 Å². The van der Waals surface area contributed by atoms with Crippen molar-refractivity contribution >= 4 is 0 Å². The molecule has 1 aliphatic carbocycles. The predicted molar refractivity (Wildman–Crippen MR) is 52.8 cm³/mol. The molecule has 2 rings (SSSR count). The van der Waals surface area contributed by atoms with Crippen LogP contribution in [0.25, 0.3) is 0 Å². The molecule has 3 nitrogen and oxygen atoms in total. The van der Waals surface area contributed by atoms with Gasteiger partial charge in [0.05, 0.1) is 6.10 Å². The van der Waals surface area contributed by atoms with E-state index in [1.165, 1.54) is 38.8 Å². The van der Waals surface area contributed by atoms with Gasteiger partial charge in [0.15, 0.2) is 0 Å². The summed E-state index contributed by atoms with van der Waals surface area (Å²) in [7, 11) is 1.81. The molecule has 0 aromatic rings. The molecule has 1 saturated heterocycles. The van der Waals surface area contributed by atoms with Crippen LogP contribution in [0.1, 0.15) is 25.7 Å². The minimum atomic E-state index is 0.527. The standard InChI is InChI=1S/C10H20N2O/c1-13-10-6-9(7-10)12-8-2-4-11-5-3-8/h8-12H,2-7H2,1H3. The molecule has 0 radical (unpaired) electrons. The van der Waals surface area contributed by atoms with Crippen LogP contribution in [0.5, 0.6) is 0 Å². The number of rotatable bonds is 3. The average Bonchev–Trinajstić information content (AvgIpc) is 2.12. The van der Waals surface area contributed by atoms with Crippen LogP contribution in [0.3, 0.4) is 0 Å². The Bertz CT molecular complexity index is 151. The van der Waals surface area contributed by atoms with Crippen molar-refractivity contribution in [3.63, 3.8) is 0 Å². The Labute approximate surface area is 80.2 Å². The average molecular weight is 184 g/mol. The molecule has 0 atom stereocenters. The van der Waals surface area contributed by atoms with E-state index in [1.807, 2.05) is 7.11 Å². The number of nitrogens with one attached hydrogen (secondary N) is 2. The lowest BCUT2D eigenvalue weighted by molar-refractivity contribution is 0.0131. The monoisotopic (exact) mass is 184 g/mol.